The van der Waals surface area contributed by atoms with Gasteiger partial charge in [-0.3, -0.25) is 0 Å². The van der Waals surface area contributed by atoms with E-state index < -0.39 is 0 Å². The van der Waals surface area contributed by atoms with Crippen LogP contribution in [0.25, 0.3) is 10.4 Å². The van der Waals surface area contributed by atoms with Crippen molar-refractivity contribution in [3.05, 3.63) is 35.2 Å². The number of hydrogen-bond acceptors (Lipinski definition) is 1. The van der Waals surface area contributed by atoms with Crippen LogP contribution in [0.15, 0.2) is 29.6 Å². The molecule has 0 bridgehead atoms. The van der Waals surface area contributed by atoms with Crippen molar-refractivity contribution in [1.29, 1.82) is 0 Å². The lowest BCUT2D eigenvalue weighted by molar-refractivity contribution is 0.871. The molecule has 0 aromatic rings. The molecule has 0 amide bonds. The maximum absolute atomic E-state index is 2.29. The van der Waals surface area contributed by atoms with E-state index in [-0.39, 0.29) is 0 Å². The predicted molar refractivity (Wildman–Crippen MR) is 55.0 cm³/mol. The lowest BCUT2D eigenvalue weighted by Crippen LogP contribution is -1.85. The molecule has 0 saturated heterocycles. The van der Waals surface area contributed by atoms with Gasteiger partial charge in [-0.25, -0.2) is 0 Å². The third kappa shape index (κ3) is 1.25. The summed E-state index contributed by atoms with van der Waals surface area (Å²) in [5, 5.41) is 2.26. The van der Waals surface area contributed by atoms with Gasteiger partial charge >= 0.3 is 0 Å². The van der Waals surface area contributed by atoms with Crippen LogP contribution >= 0.6 is 11.3 Å². The summed E-state index contributed by atoms with van der Waals surface area (Å²) in [7, 11) is 0. The first-order chi connectivity index (χ1) is 5.77. The van der Waals surface area contributed by atoms with Crippen LogP contribution in [-0.2, 0) is 0 Å². The first-order valence-corrected chi connectivity index (χ1v) is 5.12. The molecule has 1 aliphatic heterocycles. The molecule has 2 rings (SSSR count). The Hall–Kier alpha value is -0.820. The van der Waals surface area contributed by atoms with Crippen molar-refractivity contribution in [2.24, 2.45) is 0 Å². The van der Waals surface area contributed by atoms with E-state index in [0.717, 1.165) is 0 Å². The van der Waals surface area contributed by atoms with Gasteiger partial charge in [-0.2, -0.15) is 0 Å². The minimum atomic E-state index is 0.639. The number of hydrogen-bond donors (Lipinski definition) is 0. The van der Waals surface area contributed by atoms with Gasteiger partial charge in [0.15, 0.2) is 0 Å². The summed E-state index contributed by atoms with van der Waals surface area (Å²) in [6.07, 6.45) is 0. The highest BCUT2D eigenvalue weighted by Crippen LogP contribution is 2.31. The van der Waals surface area contributed by atoms with E-state index in [2.05, 4.69) is 43.5 Å². The molecule has 1 heterocycles. The van der Waals surface area contributed by atoms with E-state index in [1.165, 1.54) is 16.0 Å². The Bertz CT molecular complexity index is 346. The largest absolute Gasteiger partial charge is 0.144 e. The fourth-order valence-corrected chi connectivity index (χ4v) is 2.32. The van der Waals surface area contributed by atoms with Gasteiger partial charge in [-0.05, 0) is 34.6 Å². The molecule has 62 valence electrons. The second-order valence-electron chi connectivity index (χ2n) is 3.38. The maximum atomic E-state index is 2.29. The molecule has 12 heavy (non-hydrogen) atoms. The van der Waals surface area contributed by atoms with Crippen molar-refractivity contribution in [2.75, 3.05) is 0 Å². The molecular formula is C11H12S. The molecule has 0 spiro atoms. The fraction of sp³-hybridized carbons (Fsp3) is 0.273. The van der Waals surface area contributed by atoms with E-state index in [4.69, 9.17) is 0 Å². The third-order valence-electron chi connectivity index (χ3n) is 2.12. The van der Waals surface area contributed by atoms with E-state index >= 15 is 0 Å². The zero-order valence-corrected chi connectivity index (χ0v) is 8.19. The minimum Gasteiger partial charge on any atom is -0.144 e. The van der Waals surface area contributed by atoms with Crippen LogP contribution in [-0.4, -0.2) is 0 Å². The molecule has 1 aliphatic carbocycles. The Morgan fingerprint density at radius 1 is 1.25 bits per heavy atom. The normalized spacial score (nSPS) is 11.2. The van der Waals surface area contributed by atoms with Crippen LogP contribution in [0.4, 0.5) is 0 Å². The average molecular weight is 176 g/mol. The average Bonchev–Trinajstić information content (AvgIpc) is 2.49. The van der Waals surface area contributed by atoms with Crippen molar-refractivity contribution >= 4 is 11.3 Å². The third-order valence-corrected chi connectivity index (χ3v) is 3.13. The first-order valence-electron chi connectivity index (χ1n) is 4.24. The van der Waals surface area contributed by atoms with E-state index in [1.54, 1.807) is 0 Å². The summed E-state index contributed by atoms with van der Waals surface area (Å²) in [4.78, 5) is 1.39. The Morgan fingerprint density at radius 2 is 2.08 bits per heavy atom. The van der Waals surface area contributed by atoms with Crippen molar-refractivity contribution < 1.29 is 0 Å². The van der Waals surface area contributed by atoms with Crippen LogP contribution in [0.5, 0.6) is 0 Å². The molecule has 0 atom stereocenters. The van der Waals surface area contributed by atoms with Gasteiger partial charge in [0.05, 0.1) is 0 Å². The number of fused-ring (bicyclic) bond motifs is 1. The first kappa shape index (κ1) is 7.81. The highest BCUT2D eigenvalue weighted by atomic mass is 32.1. The lowest BCUT2D eigenvalue weighted by Gasteiger charge is -2.06. The van der Waals surface area contributed by atoms with Crippen molar-refractivity contribution in [2.45, 2.75) is 19.8 Å². The van der Waals surface area contributed by atoms with Gasteiger partial charge in [-0.15, -0.1) is 11.3 Å². The van der Waals surface area contributed by atoms with Gasteiger partial charge in [0.2, 0.25) is 0 Å². The highest BCUT2D eigenvalue weighted by molar-refractivity contribution is 7.13. The molecule has 1 heteroatoms. The van der Waals surface area contributed by atoms with Crippen LogP contribution in [0.1, 0.15) is 25.3 Å². The summed E-state index contributed by atoms with van der Waals surface area (Å²) >= 11 is 1.84. The molecule has 0 nitrogen and oxygen atoms in total. The van der Waals surface area contributed by atoms with Crippen molar-refractivity contribution in [3.63, 3.8) is 0 Å². The topological polar surface area (TPSA) is 0 Å². The van der Waals surface area contributed by atoms with Gasteiger partial charge in [0.25, 0.3) is 0 Å². The summed E-state index contributed by atoms with van der Waals surface area (Å²) in [6.45, 7) is 4.47. The van der Waals surface area contributed by atoms with Crippen molar-refractivity contribution in [3.8, 4) is 10.4 Å². The van der Waals surface area contributed by atoms with Crippen LogP contribution in [0.3, 0.4) is 0 Å². The lowest BCUT2D eigenvalue weighted by atomic mass is 10.1. The van der Waals surface area contributed by atoms with Gasteiger partial charge in [0.1, 0.15) is 0 Å². The maximum Gasteiger partial charge on any atom is 0.0342 e. The second-order valence-corrected chi connectivity index (χ2v) is 4.29. The Morgan fingerprint density at radius 3 is 2.83 bits per heavy atom. The minimum absolute atomic E-state index is 0.639. The van der Waals surface area contributed by atoms with Gasteiger partial charge < -0.3 is 0 Å². The molecule has 0 aromatic carbocycles. The van der Waals surface area contributed by atoms with E-state index in [9.17, 15) is 0 Å². The molecule has 0 radical (unpaired) electrons. The highest BCUT2D eigenvalue weighted by Gasteiger charge is 2.05. The molecule has 0 unspecified atom stereocenters. The van der Waals surface area contributed by atoms with E-state index in [1.807, 2.05) is 11.3 Å². The number of rotatable bonds is 1. The Labute approximate surface area is 77.2 Å². The Kier molecular flexibility index (Phi) is 1.89. The standard InChI is InChI=1S/C11H12S/c1-8(2)10-6-9-4-3-5-11(9)12-7-10/h3-8H,1-2H3. The molecule has 0 aromatic heterocycles. The monoisotopic (exact) mass is 176 g/mol. The zero-order valence-electron chi connectivity index (χ0n) is 7.37. The quantitative estimate of drug-likeness (QED) is 0.616. The Balaban J connectivity index is 2.54. The van der Waals surface area contributed by atoms with Crippen LogP contribution in [0, 0.1) is 0 Å². The summed E-state index contributed by atoms with van der Waals surface area (Å²) in [6, 6.07) is 8.75. The molecular weight excluding hydrogens is 164 g/mol. The summed E-state index contributed by atoms with van der Waals surface area (Å²) < 4.78 is 0. The molecule has 0 N–H and O–H groups in total. The molecule has 2 aliphatic rings. The van der Waals surface area contributed by atoms with Gasteiger partial charge in [-0.1, -0.05) is 26.0 Å². The SMILES string of the molecule is CC(C)c1csc2cccc-2c1. The molecule has 0 fully saturated rings. The van der Waals surface area contributed by atoms with Crippen molar-refractivity contribution in [1.82, 2.24) is 0 Å². The summed E-state index contributed by atoms with van der Waals surface area (Å²) in [5.41, 5.74) is 2.82. The second kappa shape index (κ2) is 2.91. The van der Waals surface area contributed by atoms with E-state index in [0.29, 0.717) is 5.92 Å². The smallest absolute Gasteiger partial charge is 0.0342 e. The van der Waals surface area contributed by atoms with Crippen LogP contribution < -0.4 is 0 Å². The fourth-order valence-electron chi connectivity index (χ4n) is 1.29. The zero-order chi connectivity index (χ0) is 8.55. The summed E-state index contributed by atoms with van der Waals surface area (Å²) in [5.74, 6) is 0.639. The molecule has 0 saturated carbocycles. The van der Waals surface area contributed by atoms with Crippen LogP contribution in [0.2, 0.25) is 0 Å². The van der Waals surface area contributed by atoms with Gasteiger partial charge in [0, 0.05) is 4.88 Å². The predicted octanol–water partition coefficient (Wildman–Crippen LogP) is 3.98.